The van der Waals surface area contributed by atoms with Crippen molar-refractivity contribution in [2.45, 2.75) is 41.8 Å². The van der Waals surface area contributed by atoms with E-state index in [4.69, 9.17) is 0 Å². The number of hydrogen-bond acceptors (Lipinski definition) is 3. The van der Waals surface area contributed by atoms with Crippen molar-refractivity contribution in [3.63, 3.8) is 0 Å². The third-order valence-corrected chi connectivity index (χ3v) is 8.66. The molecule has 27 heavy (non-hydrogen) atoms. The number of halogens is 2. The predicted molar refractivity (Wildman–Crippen MR) is 110 cm³/mol. The van der Waals surface area contributed by atoms with Gasteiger partial charge in [0.15, 0.2) is 0 Å². The van der Waals surface area contributed by atoms with Crippen LogP contribution in [0.4, 0.5) is 5.69 Å². The molecule has 144 valence electrons. The Bertz CT molecular complexity index is 733. The summed E-state index contributed by atoms with van der Waals surface area (Å²) in [6.45, 7) is 1.60. The molecule has 0 bridgehead atoms. The molecule has 2 aliphatic heterocycles. The molecule has 1 aromatic rings. The van der Waals surface area contributed by atoms with Crippen LogP contribution in [0.5, 0.6) is 0 Å². The molecule has 0 N–H and O–H groups in total. The van der Waals surface area contributed by atoms with Crippen LogP contribution in [0.1, 0.15) is 42.5 Å². The fourth-order valence-electron chi connectivity index (χ4n) is 4.38. The number of anilines is 1. The van der Waals surface area contributed by atoms with Crippen LogP contribution < -0.4 is 4.90 Å². The van der Waals surface area contributed by atoms with Crippen molar-refractivity contribution in [2.75, 3.05) is 18.0 Å². The Morgan fingerprint density at radius 1 is 0.852 bits per heavy atom. The van der Waals surface area contributed by atoms with Gasteiger partial charge in [-0.15, -0.1) is 0 Å². The van der Waals surface area contributed by atoms with E-state index in [-0.39, 0.29) is 39.2 Å². The van der Waals surface area contributed by atoms with Gasteiger partial charge in [-0.25, -0.2) is 0 Å². The van der Waals surface area contributed by atoms with Gasteiger partial charge >= 0.3 is 0 Å². The number of carbonyl (C=O) groups excluding carboxylic acids is 3. The summed E-state index contributed by atoms with van der Waals surface area (Å²) in [6.07, 6.45) is 4.59. The lowest BCUT2D eigenvalue weighted by molar-refractivity contribution is -0.122. The first kappa shape index (κ1) is 19.1. The van der Waals surface area contributed by atoms with Crippen LogP contribution in [-0.2, 0) is 9.59 Å². The highest BCUT2D eigenvalue weighted by Gasteiger charge is 2.52. The first-order valence-corrected chi connectivity index (χ1v) is 11.4. The van der Waals surface area contributed by atoms with Gasteiger partial charge in [0.2, 0.25) is 11.8 Å². The van der Waals surface area contributed by atoms with Gasteiger partial charge in [0, 0.05) is 28.3 Å². The molecule has 7 heteroatoms. The Hall–Kier alpha value is -1.21. The summed E-state index contributed by atoms with van der Waals surface area (Å²) in [5.41, 5.74) is 1.17. The summed E-state index contributed by atoms with van der Waals surface area (Å²) in [4.78, 5) is 41.9. The van der Waals surface area contributed by atoms with Gasteiger partial charge in [-0.1, -0.05) is 31.9 Å². The molecule has 2 heterocycles. The topological polar surface area (TPSA) is 57.7 Å². The molecule has 3 aliphatic rings. The first-order valence-electron chi connectivity index (χ1n) is 9.52. The highest BCUT2D eigenvalue weighted by atomic mass is 79.9. The van der Waals surface area contributed by atoms with E-state index in [1.54, 1.807) is 24.3 Å². The Kier molecular flexibility index (Phi) is 5.43. The predicted octanol–water partition coefficient (Wildman–Crippen LogP) is 3.74. The van der Waals surface area contributed by atoms with Crippen LogP contribution in [0.15, 0.2) is 24.3 Å². The highest BCUT2D eigenvalue weighted by molar-refractivity contribution is 9.12. The minimum absolute atomic E-state index is 0.0262. The second kappa shape index (κ2) is 7.66. The fraction of sp³-hybridized carbons (Fsp3) is 0.550. The average molecular weight is 498 g/mol. The van der Waals surface area contributed by atoms with Gasteiger partial charge in [-0.2, -0.15) is 0 Å². The zero-order valence-corrected chi connectivity index (χ0v) is 18.1. The third-order valence-electron chi connectivity index (χ3n) is 5.93. The van der Waals surface area contributed by atoms with E-state index in [9.17, 15) is 14.4 Å². The number of benzene rings is 1. The van der Waals surface area contributed by atoms with Crippen LogP contribution in [0.2, 0.25) is 0 Å². The highest BCUT2D eigenvalue weighted by Crippen LogP contribution is 2.44. The van der Waals surface area contributed by atoms with Gasteiger partial charge < -0.3 is 4.90 Å². The number of carbonyl (C=O) groups is 3. The zero-order valence-electron chi connectivity index (χ0n) is 14.9. The molecule has 0 aromatic heterocycles. The Balaban J connectivity index is 1.53. The van der Waals surface area contributed by atoms with E-state index in [2.05, 4.69) is 31.9 Å². The largest absolute Gasteiger partial charge is 0.339 e. The summed E-state index contributed by atoms with van der Waals surface area (Å²) in [7, 11) is 0. The first-order chi connectivity index (χ1) is 13.0. The summed E-state index contributed by atoms with van der Waals surface area (Å²) in [5.74, 6) is -0.734. The minimum Gasteiger partial charge on any atom is -0.339 e. The van der Waals surface area contributed by atoms with Crippen LogP contribution in [0, 0.1) is 11.8 Å². The number of alkyl halides is 2. The van der Waals surface area contributed by atoms with Crippen molar-refractivity contribution in [1.29, 1.82) is 0 Å². The molecule has 4 atom stereocenters. The van der Waals surface area contributed by atoms with Crippen molar-refractivity contribution >= 4 is 55.3 Å². The Morgan fingerprint density at radius 3 is 1.89 bits per heavy atom. The summed E-state index contributed by atoms with van der Waals surface area (Å²) in [5, 5.41) is 0. The maximum absolute atomic E-state index is 12.9. The lowest BCUT2D eigenvalue weighted by atomic mass is 9.81. The molecule has 0 spiro atoms. The fourth-order valence-corrected chi connectivity index (χ4v) is 5.62. The summed E-state index contributed by atoms with van der Waals surface area (Å²) >= 11 is 7.21. The summed E-state index contributed by atoms with van der Waals surface area (Å²) in [6, 6.07) is 6.91. The number of rotatable bonds is 2. The van der Waals surface area contributed by atoms with Crippen molar-refractivity contribution in [3.05, 3.63) is 29.8 Å². The van der Waals surface area contributed by atoms with E-state index in [0.29, 0.717) is 24.1 Å². The molecular weight excluding hydrogens is 476 g/mol. The quantitative estimate of drug-likeness (QED) is 0.462. The van der Waals surface area contributed by atoms with Crippen LogP contribution in [0.25, 0.3) is 0 Å². The zero-order chi connectivity index (χ0) is 19.1. The monoisotopic (exact) mass is 496 g/mol. The van der Waals surface area contributed by atoms with E-state index >= 15 is 0 Å². The number of nitrogens with zero attached hydrogens (tertiary/aromatic N) is 2. The van der Waals surface area contributed by atoms with Gasteiger partial charge in [-0.05, 0) is 56.4 Å². The number of amides is 3. The Labute approximate surface area is 175 Å². The lowest BCUT2D eigenvalue weighted by Crippen LogP contribution is -2.35. The van der Waals surface area contributed by atoms with Gasteiger partial charge in [-0.3, -0.25) is 19.3 Å². The third kappa shape index (κ3) is 3.48. The Morgan fingerprint density at radius 2 is 1.37 bits per heavy atom. The second-order valence-corrected chi connectivity index (χ2v) is 9.98. The van der Waals surface area contributed by atoms with Gasteiger partial charge in [0.05, 0.1) is 17.5 Å². The van der Waals surface area contributed by atoms with Crippen molar-refractivity contribution in [3.8, 4) is 0 Å². The van der Waals surface area contributed by atoms with Crippen LogP contribution in [0.3, 0.4) is 0 Å². The molecule has 1 saturated carbocycles. The molecule has 4 rings (SSSR count). The molecule has 5 nitrogen and oxygen atoms in total. The van der Waals surface area contributed by atoms with Gasteiger partial charge in [0.1, 0.15) is 0 Å². The van der Waals surface area contributed by atoms with Crippen molar-refractivity contribution < 1.29 is 14.4 Å². The van der Waals surface area contributed by atoms with Gasteiger partial charge in [0.25, 0.3) is 5.91 Å². The molecule has 1 aromatic carbocycles. The van der Waals surface area contributed by atoms with Crippen molar-refractivity contribution in [2.24, 2.45) is 11.8 Å². The van der Waals surface area contributed by atoms with E-state index in [1.165, 1.54) is 11.3 Å². The number of hydrogen-bond donors (Lipinski definition) is 0. The number of likely N-dealkylation sites (tertiary alicyclic amines) is 1. The standard InChI is InChI=1S/C20H22Br2N2O3/c21-16-10-14-15(11-17(16)22)20(27)24(19(14)26)13-6-4-12(5-7-13)18(25)23-8-2-1-3-9-23/h4-7,14-17H,1-3,8-11H2/t14-,15+,16+,17-. The number of imide groups is 1. The minimum atomic E-state index is -0.259. The molecule has 2 saturated heterocycles. The van der Waals surface area contributed by atoms with Crippen LogP contribution in [-0.4, -0.2) is 45.4 Å². The second-order valence-electron chi connectivity index (χ2n) is 7.63. The normalized spacial score (nSPS) is 31.2. The average Bonchev–Trinajstić information content (AvgIpc) is 2.92. The maximum Gasteiger partial charge on any atom is 0.253 e. The smallest absolute Gasteiger partial charge is 0.253 e. The lowest BCUT2D eigenvalue weighted by Gasteiger charge is -2.29. The van der Waals surface area contributed by atoms with E-state index in [1.807, 2.05) is 4.90 Å². The molecule has 0 radical (unpaired) electrons. The SMILES string of the molecule is O=C(c1ccc(N2C(=O)[C@H]3C[C@@H](Br)[C@@H](Br)C[C@H]3C2=O)cc1)N1CCCCC1. The van der Waals surface area contributed by atoms with Crippen LogP contribution >= 0.6 is 31.9 Å². The summed E-state index contributed by atoms with van der Waals surface area (Å²) < 4.78 is 0. The maximum atomic E-state index is 12.9. The molecule has 0 unspecified atom stereocenters. The number of fused-ring (bicyclic) bond motifs is 1. The van der Waals surface area contributed by atoms with E-state index < -0.39 is 0 Å². The van der Waals surface area contributed by atoms with E-state index in [0.717, 1.165) is 25.9 Å². The molecule has 1 aliphatic carbocycles. The molecular formula is C20H22Br2N2O3. The molecule has 3 fully saturated rings. The molecule has 3 amide bonds. The van der Waals surface area contributed by atoms with Crippen molar-refractivity contribution in [1.82, 2.24) is 4.90 Å². The number of piperidine rings is 1.